The van der Waals surface area contributed by atoms with E-state index in [1.807, 2.05) is 0 Å². The Labute approximate surface area is 464 Å². The summed E-state index contributed by atoms with van der Waals surface area (Å²) in [5.74, 6) is -11.0. The summed E-state index contributed by atoms with van der Waals surface area (Å²) in [5.41, 5.74) is 9.04. The Bertz CT molecular complexity index is 2950. The van der Waals surface area contributed by atoms with E-state index in [2.05, 4.69) is 15.3 Å². The van der Waals surface area contributed by atoms with Crippen molar-refractivity contribution >= 4 is 41.6 Å². The zero-order valence-corrected chi connectivity index (χ0v) is 42.8. The monoisotopic (exact) mass is 1180 g/mol. The van der Waals surface area contributed by atoms with Crippen LogP contribution in [0.5, 0.6) is 0 Å². The molecule has 7 rings (SSSR count). The largest absolute Gasteiger partial charge is 0.471 e. The molecule has 3 saturated heterocycles. The molecule has 4 aromatic rings. The fourth-order valence-electron chi connectivity index (χ4n) is 8.78. The number of hydrogen-bond donors (Lipinski definition) is 6. The maximum Gasteiger partial charge on any atom is 0.471 e. The Hall–Kier alpha value is -8.26. The van der Waals surface area contributed by atoms with Crippen LogP contribution < -0.4 is 16.0 Å². The number of alkyl halides is 6. The molecule has 3 amide bonds. The molecule has 444 valence electrons. The van der Waals surface area contributed by atoms with E-state index in [1.165, 1.54) is 115 Å². The average molecular weight is 1180 g/mol. The minimum absolute atomic E-state index is 0.0870. The van der Waals surface area contributed by atoms with Crippen molar-refractivity contribution in [1.82, 2.24) is 16.0 Å². The number of aliphatic hydroxyl groups is 3. The lowest BCUT2D eigenvalue weighted by molar-refractivity contribution is -0.309. The molecule has 0 aromatic heterocycles. The van der Waals surface area contributed by atoms with Gasteiger partial charge in [0.15, 0.2) is 43.2 Å². The lowest BCUT2D eigenvalue weighted by Gasteiger charge is -2.47. The smallest absolute Gasteiger partial charge is 0.452 e. The van der Waals surface area contributed by atoms with Crippen LogP contribution in [0.15, 0.2) is 126 Å². The van der Waals surface area contributed by atoms with E-state index >= 15 is 0 Å². The van der Waals surface area contributed by atoms with Gasteiger partial charge in [0, 0.05) is 11.8 Å². The van der Waals surface area contributed by atoms with Crippen molar-refractivity contribution in [3.8, 4) is 0 Å². The molecule has 25 nitrogen and oxygen atoms in total. The summed E-state index contributed by atoms with van der Waals surface area (Å²) in [6.07, 6.45) is -37.2. The van der Waals surface area contributed by atoms with Gasteiger partial charge in [-0.15, -0.1) is 0 Å². The van der Waals surface area contributed by atoms with Crippen molar-refractivity contribution in [3.63, 3.8) is 0 Å². The van der Waals surface area contributed by atoms with Gasteiger partial charge in [-0.2, -0.15) is 26.3 Å². The van der Waals surface area contributed by atoms with Crippen molar-refractivity contribution in [3.05, 3.63) is 154 Å². The molecule has 3 aliphatic rings. The second-order valence-corrected chi connectivity index (χ2v) is 18.4. The van der Waals surface area contributed by atoms with Crippen LogP contribution in [0.4, 0.5) is 26.3 Å². The molecule has 0 spiro atoms. The number of nitrogens with one attached hydrogen (secondary N) is 3. The van der Waals surface area contributed by atoms with E-state index in [1.54, 1.807) is 17.4 Å². The Kier molecular flexibility index (Phi) is 20.8. The van der Waals surface area contributed by atoms with E-state index < -0.39 is 166 Å². The van der Waals surface area contributed by atoms with Crippen molar-refractivity contribution in [2.24, 2.45) is 5.11 Å². The molecule has 0 unspecified atom stereocenters. The van der Waals surface area contributed by atoms with E-state index in [0.29, 0.717) is 0 Å². The molecule has 0 bridgehead atoms. The van der Waals surface area contributed by atoms with E-state index in [4.69, 9.17) is 42.6 Å². The van der Waals surface area contributed by atoms with Gasteiger partial charge in [0.25, 0.3) is 0 Å². The quantitative estimate of drug-likeness (QED) is 0.0196. The van der Waals surface area contributed by atoms with Gasteiger partial charge >= 0.3 is 48.0 Å². The number of nitrogens with zero attached hydrogens (tertiary/aromatic N) is 3. The van der Waals surface area contributed by atoms with Gasteiger partial charge in [-0.25, -0.2) is 19.2 Å². The van der Waals surface area contributed by atoms with Crippen LogP contribution in [0.2, 0.25) is 0 Å². The number of azide groups is 1. The molecule has 3 aliphatic heterocycles. The first kappa shape index (κ1) is 62.3. The van der Waals surface area contributed by atoms with Crippen LogP contribution in [0.1, 0.15) is 48.4 Å². The summed E-state index contributed by atoms with van der Waals surface area (Å²) in [6, 6.07) is 21.2. The van der Waals surface area contributed by atoms with Gasteiger partial charge in [0.1, 0.15) is 48.6 Å². The second-order valence-electron chi connectivity index (χ2n) is 18.4. The van der Waals surface area contributed by atoms with Crippen LogP contribution in [-0.2, 0) is 57.0 Å². The maximum absolute atomic E-state index is 14.1. The number of rotatable bonds is 19. The summed E-state index contributed by atoms with van der Waals surface area (Å²) in [5, 5.41) is 42.5. The third-order valence-corrected chi connectivity index (χ3v) is 12.7. The third-order valence-electron chi connectivity index (χ3n) is 12.7. The molecular formula is C52H50F6N6O19. The Morgan fingerprint density at radius 1 is 0.518 bits per heavy atom. The van der Waals surface area contributed by atoms with Gasteiger partial charge in [-0.3, -0.25) is 14.4 Å². The normalized spacial score (nSPS) is 28.0. The molecule has 0 aliphatic carbocycles. The first-order valence-electron chi connectivity index (χ1n) is 24.8. The van der Waals surface area contributed by atoms with Crippen LogP contribution in [0, 0.1) is 0 Å². The number of aliphatic hydroxyl groups excluding tert-OH is 3. The highest BCUT2D eigenvalue weighted by molar-refractivity contribution is 5.92. The number of benzene rings is 4. The summed E-state index contributed by atoms with van der Waals surface area (Å²) in [6.45, 7) is -2.54. The van der Waals surface area contributed by atoms with Crippen LogP contribution in [-0.4, -0.2) is 181 Å². The second kappa shape index (κ2) is 27.7. The predicted octanol–water partition coefficient (Wildman–Crippen LogP) is 2.72. The van der Waals surface area contributed by atoms with Crippen molar-refractivity contribution < 1.29 is 118 Å². The number of carbonyl (C=O) groups excluding carboxylic acids is 7. The highest BCUT2D eigenvalue weighted by Crippen LogP contribution is 2.34. The topological polar surface area (TPSA) is 348 Å². The highest BCUT2D eigenvalue weighted by Gasteiger charge is 2.56. The number of ether oxygens (including phenoxy) is 9. The van der Waals surface area contributed by atoms with Crippen LogP contribution >= 0.6 is 0 Å². The van der Waals surface area contributed by atoms with E-state index in [9.17, 15) is 80.8 Å². The number of carbonyl (C=O) groups is 7. The molecule has 15 atom stereocenters. The van der Waals surface area contributed by atoms with E-state index in [0.717, 1.165) is 6.92 Å². The first-order valence-corrected chi connectivity index (χ1v) is 24.8. The average Bonchev–Trinajstić information content (AvgIpc) is 3.67. The molecular weight excluding hydrogens is 1130 g/mol. The number of amides is 3. The fraction of sp³-hybridized carbons (Fsp3) is 0.404. The van der Waals surface area contributed by atoms with Gasteiger partial charge in [0.05, 0.1) is 42.1 Å². The zero-order valence-electron chi connectivity index (χ0n) is 42.8. The summed E-state index contributed by atoms with van der Waals surface area (Å²) in [4.78, 5) is 95.2. The zero-order chi connectivity index (χ0) is 60.2. The lowest BCUT2D eigenvalue weighted by atomic mass is 9.94. The molecule has 83 heavy (non-hydrogen) atoms. The Morgan fingerprint density at radius 3 is 1.28 bits per heavy atom. The maximum atomic E-state index is 14.1. The van der Waals surface area contributed by atoms with Crippen molar-refractivity contribution in [1.29, 1.82) is 0 Å². The summed E-state index contributed by atoms with van der Waals surface area (Å²) < 4.78 is 136. The first-order chi connectivity index (χ1) is 39.5. The Morgan fingerprint density at radius 2 is 0.880 bits per heavy atom. The molecule has 6 N–H and O–H groups in total. The molecule has 0 radical (unpaired) electrons. The van der Waals surface area contributed by atoms with Crippen LogP contribution in [0.25, 0.3) is 10.4 Å². The standard InChI is InChI=1S/C52H50F6N6O19/c1-25(66)60-34-40(82-45(71)28-18-10-4-11-19-28)39(81-44(70)27-16-8-3-9-17-27)32(77-42(34)63-64-59)24-76-47-33(61-49(73)51(53,54)55)37(68)36(67)31(79-47)23-75-48-35(62-50(74)52(56,57)58)41(83-46(72)29-20-12-5-13-21-29)38(30(22-65)78-48)80-43(69)26-14-6-2-7-15-26/h2-21,30-42,47-48,65,67-68H,22-24H2,1H3,(H,60,66)(H,61,73)(H,62,74)/t30-,31-,32-,33-,34-,35-,36-,37-,38-,39-,40-,41-,42-,47-,48-/m1/s1. The Balaban J connectivity index is 1.23. The number of esters is 4. The minimum atomic E-state index is -5.69. The van der Waals surface area contributed by atoms with E-state index in [-0.39, 0.29) is 22.3 Å². The molecule has 4 aromatic carbocycles. The number of hydrogen-bond acceptors (Lipinski definition) is 20. The summed E-state index contributed by atoms with van der Waals surface area (Å²) >= 11 is 0. The van der Waals surface area contributed by atoms with Crippen molar-refractivity contribution in [2.45, 2.75) is 111 Å². The summed E-state index contributed by atoms with van der Waals surface area (Å²) in [7, 11) is 0. The third kappa shape index (κ3) is 15.8. The minimum Gasteiger partial charge on any atom is -0.452 e. The number of halogens is 6. The SMILES string of the molecule is CC(=O)N[C@@H]1[C@@H](OC(=O)c2ccccc2)[C@H](OC(=O)c2ccccc2)[C@@H](CO[C@@H]2O[C@H](CO[C@@H]3O[C@H](CO)[C@@H](OC(=O)c4ccccc4)[C@H](OC(=O)c4ccccc4)[C@H]3NC(=O)C(F)(F)F)[C@@H](O)[C@H](O)[C@H]2NC(=O)C(F)(F)F)O[C@H]1N=[N+]=[N-]. The predicted molar refractivity (Wildman–Crippen MR) is 262 cm³/mol. The highest BCUT2D eigenvalue weighted by atomic mass is 19.4. The molecule has 3 fully saturated rings. The molecule has 3 heterocycles. The van der Waals surface area contributed by atoms with Crippen molar-refractivity contribution in [2.75, 3.05) is 19.8 Å². The molecule has 0 saturated carbocycles. The van der Waals surface area contributed by atoms with Gasteiger partial charge in [-0.05, 0) is 54.1 Å². The lowest BCUT2D eigenvalue weighted by Crippen LogP contribution is -2.69. The molecule has 31 heteroatoms. The fourth-order valence-corrected chi connectivity index (χ4v) is 8.78. The van der Waals surface area contributed by atoms with Gasteiger partial charge in [-0.1, -0.05) is 77.9 Å². The van der Waals surface area contributed by atoms with Crippen LogP contribution in [0.3, 0.4) is 0 Å². The van der Waals surface area contributed by atoms with Gasteiger partial charge in [0.2, 0.25) is 5.91 Å². The van der Waals surface area contributed by atoms with Gasteiger partial charge < -0.3 is 73.9 Å².